The van der Waals surface area contributed by atoms with Crippen molar-refractivity contribution in [3.05, 3.63) is 44.5 Å². The summed E-state index contributed by atoms with van der Waals surface area (Å²) < 4.78 is 5.17. The molecule has 0 radical (unpaired) electrons. The van der Waals surface area contributed by atoms with Gasteiger partial charge in [0.2, 0.25) is 6.04 Å². The predicted molar refractivity (Wildman–Crippen MR) is 96.2 cm³/mol. The Morgan fingerprint density at radius 1 is 1.40 bits per heavy atom. The van der Waals surface area contributed by atoms with Crippen LogP contribution in [0.5, 0.6) is 0 Å². The summed E-state index contributed by atoms with van der Waals surface area (Å²) in [7, 11) is 0. The van der Waals surface area contributed by atoms with Crippen molar-refractivity contribution in [2.45, 2.75) is 52.7 Å². The van der Waals surface area contributed by atoms with Crippen molar-refractivity contribution < 1.29 is 14.5 Å². The highest BCUT2D eigenvalue weighted by Crippen LogP contribution is 2.44. The van der Waals surface area contributed by atoms with Crippen LogP contribution in [0.15, 0.2) is 18.2 Å². The summed E-state index contributed by atoms with van der Waals surface area (Å²) >= 11 is 6.11. The molecule has 0 aromatic heterocycles. The Kier molecular flexibility index (Phi) is 5.74. The number of halogens is 1. The van der Waals surface area contributed by atoms with Gasteiger partial charge in [0.15, 0.2) is 0 Å². The molecule has 1 aliphatic rings. The molecular formula is C18H25ClN2O4. The lowest BCUT2D eigenvalue weighted by Gasteiger charge is -2.31. The van der Waals surface area contributed by atoms with E-state index < -0.39 is 35.4 Å². The van der Waals surface area contributed by atoms with E-state index in [1.165, 1.54) is 0 Å². The topological polar surface area (TPSA) is 81.5 Å². The Labute approximate surface area is 153 Å². The van der Waals surface area contributed by atoms with Gasteiger partial charge in [-0.3, -0.25) is 20.2 Å². The van der Waals surface area contributed by atoms with E-state index in [2.05, 4.69) is 5.32 Å². The van der Waals surface area contributed by atoms with Crippen LogP contribution >= 0.6 is 11.6 Å². The number of carbonyl (C=O) groups is 1. The van der Waals surface area contributed by atoms with E-state index >= 15 is 0 Å². The Morgan fingerprint density at radius 3 is 2.56 bits per heavy atom. The Hall–Kier alpha value is -1.66. The standard InChI is InChI=1S/C18H25ClN2O4/c1-6-25-17(22)15-13(18(3,4)5)16(21(23)24)14(20-15)12-9-11(19)8-7-10(12)2/h7-9,13-16,20H,6H2,1-5H3/t13-,14-,15-,16-/m0/s1. The average Bonchev–Trinajstić information content (AvgIpc) is 2.90. The van der Waals surface area contributed by atoms with E-state index in [-0.39, 0.29) is 11.5 Å². The maximum absolute atomic E-state index is 12.5. The largest absolute Gasteiger partial charge is 0.465 e. The van der Waals surface area contributed by atoms with Crippen molar-refractivity contribution >= 4 is 17.6 Å². The van der Waals surface area contributed by atoms with Crippen molar-refractivity contribution in [2.75, 3.05) is 6.61 Å². The molecule has 2 rings (SSSR count). The summed E-state index contributed by atoms with van der Waals surface area (Å²) in [6.45, 7) is 9.58. The lowest BCUT2D eigenvalue weighted by atomic mass is 9.72. The Morgan fingerprint density at radius 2 is 2.04 bits per heavy atom. The number of hydrogen-bond acceptors (Lipinski definition) is 5. The van der Waals surface area contributed by atoms with E-state index in [1.807, 2.05) is 33.8 Å². The zero-order valence-corrected chi connectivity index (χ0v) is 16.0. The molecule has 1 N–H and O–H groups in total. The van der Waals surface area contributed by atoms with Crippen LogP contribution in [-0.4, -0.2) is 29.6 Å². The number of nitrogens with one attached hydrogen (secondary N) is 1. The van der Waals surface area contributed by atoms with E-state index in [0.717, 1.165) is 11.1 Å². The molecule has 1 aliphatic heterocycles. The second kappa shape index (κ2) is 7.30. The molecule has 1 heterocycles. The van der Waals surface area contributed by atoms with Gasteiger partial charge in [-0.25, -0.2) is 0 Å². The number of benzene rings is 1. The molecule has 0 amide bonds. The minimum absolute atomic E-state index is 0.234. The van der Waals surface area contributed by atoms with Crippen molar-refractivity contribution in [3.63, 3.8) is 0 Å². The van der Waals surface area contributed by atoms with E-state index in [1.54, 1.807) is 19.1 Å². The Balaban J connectivity index is 2.55. The fourth-order valence-corrected chi connectivity index (χ4v) is 3.91. The van der Waals surface area contributed by atoms with Crippen LogP contribution in [0.25, 0.3) is 0 Å². The SMILES string of the molecule is CCOC(=O)[C@H]1N[C@@H](c2cc(Cl)ccc2C)[C@@H]([N+](=O)[O-])[C@H]1C(C)(C)C. The molecule has 0 bridgehead atoms. The summed E-state index contributed by atoms with van der Waals surface area (Å²) in [5.41, 5.74) is 1.19. The van der Waals surface area contributed by atoms with Crippen LogP contribution < -0.4 is 5.32 Å². The first-order valence-corrected chi connectivity index (χ1v) is 8.78. The summed E-state index contributed by atoms with van der Waals surface area (Å²) in [6.07, 6.45) is 0. The quantitative estimate of drug-likeness (QED) is 0.499. The summed E-state index contributed by atoms with van der Waals surface area (Å²) in [6, 6.07) is 3.02. The molecule has 25 heavy (non-hydrogen) atoms. The van der Waals surface area contributed by atoms with Crippen LogP contribution in [0.4, 0.5) is 0 Å². The van der Waals surface area contributed by atoms with Gasteiger partial charge in [0, 0.05) is 9.95 Å². The highest BCUT2D eigenvalue weighted by Gasteiger charge is 2.58. The Bertz CT molecular complexity index is 672. The minimum atomic E-state index is -0.952. The molecule has 0 unspecified atom stereocenters. The van der Waals surface area contributed by atoms with Gasteiger partial charge in [-0.2, -0.15) is 0 Å². The third-order valence-electron chi connectivity index (χ3n) is 4.79. The second-order valence-electron chi connectivity index (χ2n) is 7.54. The first kappa shape index (κ1) is 19.7. The van der Waals surface area contributed by atoms with Gasteiger partial charge in [-0.1, -0.05) is 38.4 Å². The third kappa shape index (κ3) is 3.96. The minimum Gasteiger partial charge on any atom is -0.465 e. The fourth-order valence-electron chi connectivity index (χ4n) is 3.73. The van der Waals surface area contributed by atoms with Crippen molar-refractivity contribution in [1.29, 1.82) is 0 Å². The molecule has 6 nitrogen and oxygen atoms in total. The molecule has 0 saturated carbocycles. The maximum atomic E-state index is 12.5. The number of hydrogen-bond donors (Lipinski definition) is 1. The van der Waals surface area contributed by atoms with Gasteiger partial charge in [0.05, 0.1) is 12.5 Å². The highest BCUT2D eigenvalue weighted by molar-refractivity contribution is 6.30. The van der Waals surface area contributed by atoms with Crippen LogP contribution in [0.1, 0.15) is 44.9 Å². The van der Waals surface area contributed by atoms with Crippen LogP contribution in [-0.2, 0) is 9.53 Å². The average molecular weight is 369 g/mol. The number of aryl methyl sites for hydroxylation is 1. The molecule has 0 aliphatic carbocycles. The monoisotopic (exact) mass is 368 g/mol. The molecule has 4 atom stereocenters. The molecular weight excluding hydrogens is 344 g/mol. The predicted octanol–water partition coefficient (Wildman–Crippen LogP) is 3.53. The molecule has 1 aromatic carbocycles. The molecule has 0 spiro atoms. The first-order chi connectivity index (χ1) is 11.6. The fraction of sp³-hybridized carbons (Fsp3) is 0.611. The third-order valence-corrected chi connectivity index (χ3v) is 5.02. The number of nitrogens with zero attached hydrogens (tertiary/aromatic N) is 1. The number of ether oxygens (including phenoxy) is 1. The van der Waals surface area contributed by atoms with Crippen LogP contribution in [0.3, 0.4) is 0 Å². The summed E-state index contributed by atoms with van der Waals surface area (Å²) in [5.74, 6) is -0.957. The molecule has 138 valence electrons. The summed E-state index contributed by atoms with van der Waals surface area (Å²) in [5, 5.41) is 15.6. The van der Waals surface area contributed by atoms with E-state index in [0.29, 0.717) is 5.02 Å². The van der Waals surface area contributed by atoms with Gasteiger partial charge in [0.25, 0.3) is 0 Å². The van der Waals surface area contributed by atoms with Crippen molar-refractivity contribution in [2.24, 2.45) is 11.3 Å². The van der Waals surface area contributed by atoms with E-state index in [9.17, 15) is 14.9 Å². The maximum Gasteiger partial charge on any atom is 0.323 e. The van der Waals surface area contributed by atoms with E-state index in [4.69, 9.17) is 16.3 Å². The highest BCUT2D eigenvalue weighted by atomic mass is 35.5. The smallest absolute Gasteiger partial charge is 0.323 e. The van der Waals surface area contributed by atoms with Crippen molar-refractivity contribution in [1.82, 2.24) is 5.32 Å². The molecule has 7 heteroatoms. The summed E-state index contributed by atoms with van der Waals surface area (Å²) in [4.78, 5) is 24.1. The molecule has 1 fully saturated rings. The van der Waals surface area contributed by atoms with Gasteiger partial charge < -0.3 is 4.74 Å². The van der Waals surface area contributed by atoms with Crippen LogP contribution in [0, 0.1) is 28.4 Å². The zero-order chi connectivity index (χ0) is 18.9. The first-order valence-electron chi connectivity index (χ1n) is 8.40. The lowest BCUT2D eigenvalue weighted by Crippen LogP contribution is -2.45. The number of rotatable bonds is 4. The van der Waals surface area contributed by atoms with Crippen LogP contribution in [0.2, 0.25) is 5.02 Å². The zero-order valence-electron chi connectivity index (χ0n) is 15.2. The van der Waals surface area contributed by atoms with Gasteiger partial charge >= 0.3 is 5.97 Å². The number of carbonyl (C=O) groups excluding carboxylic acids is 1. The van der Waals surface area contributed by atoms with Gasteiger partial charge in [0.1, 0.15) is 12.1 Å². The molecule has 1 aromatic rings. The molecule has 1 saturated heterocycles. The second-order valence-corrected chi connectivity index (χ2v) is 7.98. The number of esters is 1. The van der Waals surface area contributed by atoms with Gasteiger partial charge in [-0.05, 0) is 42.5 Å². The number of nitro groups is 1. The van der Waals surface area contributed by atoms with Crippen molar-refractivity contribution in [3.8, 4) is 0 Å². The van der Waals surface area contributed by atoms with Gasteiger partial charge in [-0.15, -0.1) is 0 Å². The lowest BCUT2D eigenvalue weighted by molar-refractivity contribution is -0.535. The normalized spacial score (nSPS) is 26.5.